The maximum Gasteiger partial charge on any atom is 0.231 e. The molecule has 3 atom stereocenters. The van der Waals surface area contributed by atoms with E-state index in [1.54, 1.807) is 14.0 Å². The third-order valence-electron chi connectivity index (χ3n) is 4.81. The number of rotatable bonds is 3. The van der Waals surface area contributed by atoms with Crippen LogP contribution in [0.15, 0.2) is 6.07 Å². The molecule has 1 aromatic rings. The fraction of sp³-hybridized carbons (Fsp3) is 0.600. The Morgan fingerprint density at radius 1 is 1.44 bits per heavy atom. The van der Waals surface area contributed by atoms with E-state index in [0.717, 1.165) is 24.3 Å². The number of likely N-dealkylation sites (N-methyl/N-ethyl adjacent to an activating group) is 1. The molecule has 25 heavy (non-hydrogen) atoms. The Morgan fingerprint density at radius 2 is 2.20 bits per heavy atom. The highest BCUT2D eigenvalue weighted by atomic mass is 16.7. The predicted molar refractivity (Wildman–Crippen MR) is 95.2 cm³/mol. The summed E-state index contributed by atoms with van der Waals surface area (Å²) in [6, 6.07) is 1.99. The van der Waals surface area contributed by atoms with Gasteiger partial charge in [0.2, 0.25) is 12.5 Å². The summed E-state index contributed by atoms with van der Waals surface area (Å²) in [4.78, 5) is 1.29. The molecule has 5 nitrogen and oxygen atoms in total. The lowest BCUT2D eigenvalue weighted by Gasteiger charge is -2.30. The standard InChI is InChI=1S/C20H27NO4/c1-13(2)11-20(3,22)8-6-15-17-14(7-9-21(15)4)10-16-18(19(17)23-5)25-12-24-16/h10,13,15,22H,7,9,11-12H2,1-5H3/p+1/t15-,20+/m0/s1. The second kappa shape index (κ2) is 6.78. The van der Waals surface area contributed by atoms with Gasteiger partial charge in [-0.2, -0.15) is 0 Å². The lowest BCUT2D eigenvalue weighted by molar-refractivity contribution is -0.905. The third-order valence-corrected chi connectivity index (χ3v) is 4.81. The van der Waals surface area contributed by atoms with Crippen molar-refractivity contribution in [3.63, 3.8) is 0 Å². The summed E-state index contributed by atoms with van der Waals surface area (Å²) in [7, 11) is 3.78. The summed E-state index contributed by atoms with van der Waals surface area (Å²) >= 11 is 0. The van der Waals surface area contributed by atoms with E-state index in [9.17, 15) is 5.11 Å². The Balaban J connectivity index is 2.03. The van der Waals surface area contributed by atoms with Crippen LogP contribution in [0.3, 0.4) is 0 Å². The first-order valence-corrected chi connectivity index (χ1v) is 8.89. The molecule has 0 saturated heterocycles. The molecule has 0 spiro atoms. The molecule has 1 unspecified atom stereocenters. The molecule has 1 aromatic carbocycles. The van der Waals surface area contributed by atoms with Crippen LogP contribution in [0.4, 0.5) is 0 Å². The Hall–Kier alpha value is -1.90. The fourth-order valence-electron chi connectivity index (χ4n) is 3.79. The molecule has 0 aromatic heterocycles. The minimum atomic E-state index is -0.990. The van der Waals surface area contributed by atoms with Crippen molar-refractivity contribution in [2.24, 2.45) is 5.92 Å². The number of hydrogen-bond acceptors (Lipinski definition) is 4. The first-order chi connectivity index (χ1) is 11.8. The van der Waals surface area contributed by atoms with Crippen LogP contribution >= 0.6 is 0 Å². The average Bonchev–Trinajstić information content (AvgIpc) is 2.98. The molecule has 0 aliphatic carbocycles. The average molecular weight is 346 g/mol. The second-order valence-electron chi connectivity index (χ2n) is 7.64. The van der Waals surface area contributed by atoms with Crippen LogP contribution in [-0.2, 0) is 6.42 Å². The Kier molecular flexibility index (Phi) is 4.86. The second-order valence-corrected chi connectivity index (χ2v) is 7.64. The maximum atomic E-state index is 10.6. The van der Waals surface area contributed by atoms with Crippen LogP contribution in [0, 0.1) is 17.8 Å². The summed E-state index contributed by atoms with van der Waals surface area (Å²) in [6.07, 6.45) is 1.59. The van der Waals surface area contributed by atoms with Crippen molar-refractivity contribution in [2.45, 2.75) is 45.3 Å². The molecule has 0 saturated carbocycles. The minimum Gasteiger partial charge on any atom is -0.492 e. The van der Waals surface area contributed by atoms with Crippen molar-refractivity contribution in [3.05, 3.63) is 17.2 Å². The van der Waals surface area contributed by atoms with E-state index in [1.807, 2.05) is 6.07 Å². The van der Waals surface area contributed by atoms with E-state index < -0.39 is 5.60 Å². The Morgan fingerprint density at radius 3 is 2.88 bits per heavy atom. The summed E-state index contributed by atoms with van der Waals surface area (Å²) in [5.74, 6) is 8.94. The van der Waals surface area contributed by atoms with Gasteiger partial charge in [0.15, 0.2) is 17.5 Å². The number of aliphatic hydroxyl groups is 1. The smallest absolute Gasteiger partial charge is 0.231 e. The number of quaternary nitrogens is 1. The van der Waals surface area contributed by atoms with Gasteiger partial charge < -0.3 is 24.2 Å². The monoisotopic (exact) mass is 346 g/mol. The van der Waals surface area contributed by atoms with Gasteiger partial charge in [0.25, 0.3) is 0 Å². The maximum absolute atomic E-state index is 10.6. The predicted octanol–water partition coefficient (Wildman–Crippen LogP) is 1.34. The van der Waals surface area contributed by atoms with Gasteiger partial charge in [0, 0.05) is 6.42 Å². The number of ether oxygens (including phenoxy) is 3. The molecule has 3 rings (SSSR count). The number of methoxy groups -OCH3 is 1. The van der Waals surface area contributed by atoms with Crippen molar-refractivity contribution < 1.29 is 24.2 Å². The van der Waals surface area contributed by atoms with E-state index in [-0.39, 0.29) is 12.8 Å². The van der Waals surface area contributed by atoms with Gasteiger partial charge in [-0.1, -0.05) is 19.8 Å². The van der Waals surface area contributed by atoms with E-state index in [0.29, 0.717) is 23.8 Å². The summed E-state index contributed by atoms with van der Waals surface area (Å²) < 4.78 is 16.8. The molecule has 2 heterocycles. The Labute approximate surface area is 149 Å². The molecule has 5 heteroatoms. The highest BCUT2D eigenvalue weighted by Crippen LogP contribution is 2.47. The number of fused-ring (bicyclic) bond motifs is 2. The molecule has 2 N–H and O–H groups in total. The molecule has 136 valence electrons. The number of benzene rings is 1. The van der Waals surface area contributed by atoms with E-state index >= 15 is 0 Å². The van der Waals surface area contributed by atoms with Crippen molar-refractivity contribution in [1.82, 2.24) is 0 Å². The van der Waals surface area contributed by atoms with Crippen LogP contribution in [0.1, 0.15) is 44.4 Å². The lowest BCUT2D eigenvalue weighted by Crippen LogP contribution is -3.10. The van der Waals surface area contributed by atoms with Gasteiger partial charge in [-0.05, 0) is 36.8 Å². The van der Waals surface area contributed by atoms with Crippen molar-refractivity contribution in [3.8, 4) is 29.1 Å². The summed E-state index contributed by atoms with van der Waals surface area (Å²) in [5.41, 5.74) is 1.26. The molecule has 0 radical (unpaired) electrons. The van der Waals surface area contributed by atoms with E-state index in [2.05, 4.69) is 32.7 Å². The van der Waals surface area contributed by atoms with E-state index in [4.69, 9.17) is 14.2 Å². The topological polar surface area (TPSA) is 52.4 Å². The Bertz CT molecular complexity index is 715. The summed E-state index contributed by atoms with van der Waals surface area (Å²) in [6.45, 7) is 7.16. The van der Waals surface area contributed by atoms with Crippen LogP contribution in [0.5, 0.6) is 17.2 Å². The SMILES string of the molecule is COc1c2c(cc3c1[C@H](C#C[C@@](C)(O)CC(C)C)[NH+](C)CC3)OCO2. The lowest BCUT2D eigenvalue weighted by atomic mass is 9.89. The molecule has 0 amide bonds. The molecule has 2 aliphatic rings. The van der Waals surface area contributed by atoms with Crippen molar-refractivity contribution >= 4 is 0 Å². The normalized spacial score (nSPS) is 23.5. The molecular formula is C20H28NO4+. The molecule has 0 bridgehead atoms. The number of hydrogen-bond donors (Lipinski definition) is 2. The zero-order chi connectivity index (χ0) is 18.2. The number of nitrogens with one attached hydrogen (secondary N) is 1. The highest BCUT2D eigenvalue weighted by molar-refractivity contribution is 5.62. The van der Waals surface area contributed by atoms with Gasteiger partial charge in [0.1, 0.15) is 5.60 Å². The fourth-order valence-corrected chi connectivity index (χ4v) is 3.79. The van der Waals surface area contributed by atoms with Gasteiger partial charge in [-0.15, -0.1) is 0 Å². The van der Waals surface area contributed by atoms with Crippen molar-refractivity contribution in [2.75, 3.05) is 27.5 Å². The largest absolute Gasteiger partial charge is 0.492 e. The zero-order valence-corrected chi connectivity index (χ0v) is 15.7. The molecule has 2 aliphatic heterocycles. The summed E-state index contributed by atoms with van der Waals surface area (Å²) in [5, 5.41) is 10.6. The van der Waals surface area contributed by atoms with Crippen LogP contribution in [0.25, 0.3) is 0 Å². The van der Waals surface area contributed by atoms with Crippen LogP contribution < -0.4 is 19.1 Å². The quantitative estimate of drug-likeness (QED) is 0.811. The highest BCUT2D eigenvalue weighted by Gasteiger charge is 2.36. The first kappa shape index (κ1) is 17.9. The minimum absolute atomic E-state index is 0.0631. The van der Waals surface area contributed by atoms with Gasteiger partial charge in [-0.3, -0.25) is 0 Å². The zero-order valence-electron chi connectivity index (χ0n) is 15.7. The van der Waals surface area contributed by atoms with Crippen LogP contribution in [-0.4, -0.2) is 38.2 Å². The molecular weight excluding hydrogens is 318 g/mol. The molecule has 0 fully saturated rings. The van der Waals surface area contributed by atoms with E-state index in [1.165, 1.54) is 10.5 Å². The van der Waals surface area contributed by atoms with Crippen LogP contribution in [0.2, 0.25) is 0 Å². The van der Waals surface area contributed by atoms with Gasteiger partial charge in [-0.25, -0.2) is 0 Å². The van der Waals surface area contributed by atoms with Gasteiger partial charge >= 0.3 is 0 Å². The third kappa shape index (κ3) is 3.56. The van der Waals surface area contributed by atoms with Crippen molar-refractivity contribution in [1.29, 1.82) is 0 Å². The van der Waals surface area contributed by atoms with Gasteiger partial charge in [0.05, 0.1) is 26.3 Å². The first-order valence-electron chi connectivity index (χ1n) is 8.89.